The molecule has 20 heavy (non-hydrogen) atoms. The summed E-state index contributed by atoms with van der Waals surface area (Å²) >= 11 is 7.02. The summed E-state index contributed by atoms with van der Waals surface area (Å²) in [5.41, 5.74) is 7.39. The molecule has 0 saturated carbocycles. The van der Waals surface area contributed by atoms with Gasteiger partial charge in [0.05, 0.1) is 11.4 Å². The summed E-state index contributed by atoms with van der Waals surface area (Å²) in [6.45, 7) is 0. The first-order chi connectivity index (χ1) is 9.56. The Bertz CT molecular complexity index is 636. The number of rotatable bonds is 4. The Balaban J connectivity index is 1.96. The quantitative estimate of drug-likeness (QED) is 0.403. The molecule has 0 radical (unpaired) electrons. The number of thioether (sulfide) groups is 1. The average molecular weight is 463 g/mol. The molecule has 0 aliphatic carbocycles. The topological polar surface area (TPSA) is 55.1 Å². The molecule has 2 aromatic rings. The minimum atomic E-state index is -0.0431. The first-order valence-corrected chi connectivity index (χ1v) is 8.64. The molecule has 0 spiro atoms. The number of nitrogens with one attached hydrogen (secondary N) is 1. The number of benzene rings is 2. The van der Waals surface area contributed by atoms with E-state index in [9.17, 15) is 4.79 Å². The second-order valence-electron chi connectivity index (χ2n) is 4.00. The smallest absolute Gasteiger partial charge is 0.234 e. The lowest BCUT2D eigenvalue weighted by Crippen LogP contribution is -2.14. The van der Waals surface area contributed by atoms with Gasteiger partial charge in [0.15, 0.2) is 0 Å². The summed E-state index contributed by atoms with van der Waals surface area (Å²) in [6.07, 6.45) is 0. The van der Waals surface area contributed by atoms with Crippen molar-refractivity contribution in [2.24, 2.45) is 0 Å². The molecule has 0 heterocycles. The van der Waals surface area contributed by atoms with Gasteiger partial charge in [0.2, 0.25) is 5.91 Å². The number of halogens is 2. The molecule has 3 N–H and O–H groups in total. The van der Waals surface area contributed by atoms with E-state index in [0.717, 1.165) is 18.6 Å². The van der Waals surface area contributed by atoms with E-state index < -0.39 is 0 Å². The molecule has 6 heteroatoms. The number of nitrogen functional groups attached to an aromatic ring is 1. The van der Waals surface area contributed by atoms with Crippen LogP contribution in [0.3, 0.4) is 0 Å². The number of hydrogen-bond acceptors (Lipinski definition) is 3. The zero-order chi connectivity index (χ0) is 14.5. The van der Waals surface area contributed by atoms with E-state index in [1.807, 2.05) is 42.5 Å². The highest BCUT2D eigenvalue weighted by Gasteiger charge is 2.08. The van der Waals surface area contributed by atoms with Gasteiger partial charge in [-0.2, -0.15) is 0 Å². The molecule has 0 saturated heterocycles. The number of anilines is 2. The van der Waals surface area contributed by atoms with Crippen LogP contribution in [0, 0.1) is 3.57 Å². The van der Waals surface area contributed by atoms with Crippen molar-refractivity contribution >= 4 is 67.6 Å². The van der Waals surface area contributed by atoms with Crippen LogP contribution in [0.1, 0.15) is 0 Å². The standard InChI is InChI=1S/C14H12BrIN2OS/c15-9-5-6-11(17)13(7-9)20-8-14(19)18-12-4-2-1-3-10(12)16/h1-7H,8,17H2,(H,18,19). The second kappa shape index (κ2) is 7.33. The monoisotopic (exact) mass is 462 g/mol. The van der Waals surface area contributed by atoms with Gasteiger partial charge in [-0.05, 0) is 52.9 Å². The van der Waals surface area contributed by atoms with Crippen molar-refractivity contribution in [3.8, 4) is 0 Å². The summed E-state index contributed by atoms with van der Waals surface area (Å²) in [7, 11) is 0. The Morgan fingerprint density at radius 3 is 2.80 bits per heavy atom. The molecule has 3 nitrogen and oxygen atoms in total. The molecule has 2 aromatic carbocycles. The highest BCUT2D eigenvalue weighted by molar-refractivity contribution is 14.1. The largest absolute Gasteiger partial charge is 0.398 e. The Kier molecular flexibility index (Phi) is 5.74. The fraction of sp³-hybridized carbons (Fsp3) is 0.0714. The van der Waals surface area contributed by atoms with Gasteiger partial charge in [0.25, 0.3) is 0 Å². The number of nitrogens with two attached hydrogens (primary N) is 1. The highest BCUT2D eigenvalue weighted by atomic mass is 127. The van der Waals surface area contributed by atoms with Crippen LogP contribution < -0.4 is 11.1 Å². The van der Waals surface area contributed by atoms with Gasteiger partial charge in [0, 0.05) is 18.6 Å². The minimum Gasteiger partial charge on any atom is -0.398 e. The maximum atomic E-state index is 11.9. The summed E-state index contributed by atoms with van der Waals surface area (Å²) in [5, 5.41) is 2.89. The lowest BCUT2D eigenvalue weighted by atomic mass is 10.3. The van der Waals surface area contributed by atoms with Gasteiger partial charge in [-0.25, -0.2) is 0 Å². The van der Waals surface area contributed by atoms with Crippen LogP contribution in [0.5, 0.6) is 0 Å². The van der Waals surface area contributed by atoms with Crippen LogP contribution in [0.15, 0.2) is 51.8 Å². The molecule has 0 bridgehead atoms. The van der Waals surface area contributed by atoms with Crippen molar-refractivity contribution < 1.29 is 4.79 Å². The first kappa shape index (κ1) is 15.7. The molecule has 0 aliphatic rings. The number of amides is 1. The maximum absolute atomic E-state index is 11.9. The van der Waals surface area contributed by atoms with Gasteiger partial charge in [-0.3, -0.25) is 4.79 Å². The Hall–Kier alpha value is -0.730. The molecule has 0 fully saturated rings. The lowest BCUT2D eigenvalue weighted by molar-refractivity contribution is -0.113. The van der Waals surface area contributed by atoms with Crippen molar-refractivity contribution in [2.45, 2.75) is 4.90 Å². The predicted octanol–water partition coefficient (Wildman–Crippen LogP) is 4.37. The summed E-state index contributed by atoms with van der Waals surface area (Å²) < 4.78 is 1.97. The Morgan fingerprint density at radius 2 is 2.05 bits per heavy atom. The number of hydrogen-bond donors (Lipinski definition) is 2. The fourth-order valence-electron chi connectivity index (χ4n) is 1.53. The van der Waals surface area contributed by atoms with E-state index in [1.54, 1.807) is 0 Å². The summed E-state index contributed by atoms with van der Waals surface area (Å²) in [5.74, 6) is 0.282. The predicted molar refractivity (Wildman–Crippen MR) is 97.1 cm³/mol. The molecule has 1 amide bonds. The van der Waals surface area contributed by atoms with Gasteiger partial charge in [-0.15, -0.1) is 11.8 Å². The fourth-order valence-corrected chi connectivity index (χ4v) is 3.36. The van der Waals surface area contributed by atoms with E-state index in [4.69, 9.17) is 5.73 Å². The van der Waals surface area contributed by atoms with Crippen LogP contribution in [-0.2, 0) is 4.79 Å². The SMILES string of the molecule is Nc1ccc(Br)cc1SCC(=O)Nc1ccccc1I. The third-order valence-corrected chi connectivity index (χ3v) is 4.99. The molecule has 0 atom stereocenters. The Labute approximate surface area is 144 Å². The van der Waals surface area contributed by atoms with E-state index >= 15 is 0 Å². The van der Waals surface area contributed by atoms with E-state index in [-0.39, 0.29) is 5.91 Å². The number of carbonyl (C=O) groups excluding carboxylic acids is 1. The molecular weight excluding hydrogens is 451 g/mol. The zero-order valence-electron chi connectivity index (χ0n) is 10.4. The van der Waals surface area contributed by atoms with Gasteiger partial charge in [-0.1, -0.05) is 28.1 Å². The van der Waals surface area contributed by atoms with Crippen LogP contribution in [-0.4, -0.2) is 11.7 Å². The maximum Gasteiger partial charge on any atom is 0.234 e. The minimum absolute atomic E-state index is 0.0431. The van der Waals surface area contributed by atoms with Crippen LogP contribution in [0.4, 0.5) is 11.4 Å². The molecule has 2 rings (SSSR count). The number of para-hydroxylation sites is 1. The van der Waals surface area contributed by atoms with E-state index in [2.05, 4.69) is 43.8 Å². The first-order valence-electron chi connectivity index (χ1n) is 5.78. The number of carbonyl (C=O) groups is 1. The van der Waals surface area contributed by atoms with Crippen LogP contribution in [0.2, 0.25) is 0 Å². The third-order valence-electron chi connectivity index (χ3n) is 2.48. The van der Waals surface area contributed by atoms with Gasteiger partial charge in [0.1, 0.15) is 0 Å². The summed E-state index contributed by atoms with van der Waals surface area (Å²) in [6, 6.07) is 13.3. The molecule has 0 aliphatic heterocycles. The van der Waals surface area contributed by atoms with Crippen molar-refractivity contribution in [2.75, 3.05) is 16.8 Å². The normalized spacial score (nSPS) is 10.3. The third kappa shape index (κ3) is 4.39. The van der Waals surface area contributed by atoms with E-state index in [1.165, 1.54) is 11.8 Å². The molecule has 0 aromatic heterocycles. The van der Waals surface area contributed by atoms with Gasteiger partial charge >= 0.3 is 0 Å². The van der Waals surface area contributed by atoms with Crippen LogP contribution >= 0.6 is 50.3 Å². The van der Waals surface area contributed by atoms with Crippen LogP contribution in [0.25, 0.3) is 0 Å². The molecule has 104 valence electrons. The van der Waals surface area contributed by atoms with E-state index in [0.29, 0.717) is 11.4 Å². The zero-order valence-corrected chi connectivity index (χ0v) is 15.0. The Morgan fingerprint density at radius 1 is 1.30 bits per heavy atom. The molecule has 0 unspecified atom stereocenters. The summed E-state index contributed by atoms with van der Waals surface area (Å²) in [4.78, 5) is 12.8. The average Bonchev–Trinajstić information content (AvgIpc) is 2.42. The second-order valence-corrected chi connectivity index (χ2v) is 7.09. The van der Waals surface area contributed by atoms with Crippen molar-refractivity contribution in [1.29, 1.82) is 0 Å². The molecular formula is C14H12BrIN2OS. The highest BCUT2D eigenvalue weighted by Crippen LogP contribution is 2.28. The van der Waals surface area contributed by atoms with Crippen molar-refractivity contribution in [1.82, 2.24) is 0 Å². The van der Waals surface area contributed by atoms with Crippen molar-refractivity contribution in [3.63, 3.8) is 0 Å². The van der Waals surface area contributed by atoms with Crippen molar-refractivity contribution in [3.05, 3.63) is 50.5 Å². The van der Waals surface area contributed by atoms with Gasteiger partial charge < -0.3 is 11.1 Å². The lowest BCUT2D eigenvalue weighted by Gasteiger charge is -2.08.